The van der Waals surface area contributed by atoms with Gasteiger partial charge in [0.25, 0.3) is 0 Å². The summed E-state index contributed by atoms with van der Waals surface area (Å²) in [6, 6.07) is 2.98. The van der Waals surface area contributed by atoms with Crippen molar-refractivity contribution in [1.29, 1.82) is 0 Å². The topological polar surface area (TPSA) is 81.7 Å². The molecule has 0 spiro atoms. The van der Waals surface area contributed by atoms with E-state index in [1.54, 1.807) is 25.1 Å². The largest absolute Gasteiger partial charge is 0.494 e. The van der Waals surface area contributed by atoms with Crippen molar-refractivity contribution in [2.75, 3.05) is 30.6 Å². The summed E-state index contributed by atoms with van der Waals surface area (Å²) in [5, 5.41) is 0. The number of ether oxygens (including phenoxy) is 2. The molecule has 0 aliphatic carbocycles. The smallest absolute Gasteiger partial charge is 0.337 e. The monoisotopic (exact) mass is 375 g/mol. The normalized spacial score (nSPS) is 11.5. The van der Waals surface area contributed by atoms with Crippen molar-refractivity contribution in [3.05, 3.63) is 29.3 Å². The predicted octanol–water partition coefficient (Wildman–Crippen LogP) is 3.28. The van der Waals surface area contributed by atoms with Crippen LogP contribution in [-0.4, -0.2) is 40.2 Å². The average Bonchev–Trinajstić information content (AvgIpc) is 2.54. The molecule has 0 fully saturated rings. The molecule has 0 heterocycles. The molecule has 0 unspecified atom stereocenters. The van der Waals surface area contributed by atoms with Gasteiger partial charge < -0.3 is 9.47 Å². The highest BCUT2D eigenvalue weighted by atomic mass is 35.5. The van der Waals surface area contributed by atoms with Gasteiger partial charge in [0.15, 0.2) is 0 Å². The summed E-state index contributed by atoms with van der Waals surface area (Å²) in [5.74, 6) is 0.111. The Bertz CT molecular complexity index is 701. The maximum absolute atomic E-state index is 12.2. The molecule has 0 aromatic heterocycles. The molecule has 1 N–H and O–H groups in total. The molecule has 0 saturated heterocycles. The molecule has 6 nitrogen and oxygen atoms in total. The van der Waals surface area contributed by atoms with Crippen LogP contribution in [0.4, 0.5) is 5.69 Å². The van der Waals surface area contributed by atoms with Crippen LogP contribution in [-0.2, 0) is 14.8 Å². The highest BCUT2D eigenvalue weighted by Crippen LogP contribution is 2.33. The Hall–Kier alpha value is -1.73. The summed E-state index contributed by atoms with van der Waals surface area (Å²) in [5.41, 5.74) is 0.991. The number of methoxy groups -OCH3 is 2. The second kappa shape index (κ2) is 9.54. The molecule has 1 aromatic rings. The molecule has 8 heteroatoms. The van der Waals surface area contributed by atoms with E-state index in [-0.39, 0.29) is 17.0 Å². The lowest BCUT2D eigenvalue weighted by Gasteiger charge is -2.15. The molecule has 0 radical (unpaired) electrons. The van der Waals surface area contributed by atoms with E-state index in [0.29, 0.717) is 30.0 Å². The van der Waals surface area contributed by atoms with Gasteiger partial charge in [-0.25, -0.2) is 13.2 Å². The molecule has 0 aliphatic heterocycles. The number of benzene rings is 1. The standard InChI is InChI=1S/C16H22ClNO5S/c1-4-7-12-10-13(16(19)23-3)11-14(15(12)22-2)18-24(20,21)9-6-5-8-17/h4,7,10-11,18H,5-6,8-9H2,1-3H3/b7-4+. The fourth-order valence-corrected chi connectivity index (χ4v) is 3.46. The van der Waals surface area contributed by atoms with E-state index in [4.69, 9.17) is 21.1 Å². The summed E-state index contributed by atoms with van der Waals surface area (Å²) in [6.07, 6.45) is 4.53. The van der Waals surface area contributed by atoms with Gasteiger partial charge in [0.1, 0.15) is 5.75 Å². The van der Waals surface area contributed by atoms with Crippen molar-refractivity contribution in [3.8, 4) is 5.75 Å². The lowest BCUT2D eigenvalue weighted by Crippen LogP contribution is -2.18. The van der Waals surface area contributed by atoms with Crippen LogP contribution in [0.25, 0.3) is 6.08 Å². The van der Waals surface area contributed by atoms with Gasteiger partial charge in [0, 0.05) is 11.4 Å². The number of halogens is 1. The number of hydrogen-bond acceptors (Lipinski definition) is 5. The predicted molar refractivity (Wildman–Crippen MR) is 96.4 cm³/mol. The number of esters is 1. The fraction of sp³-hybridized carbons (Fsp3) is 0.438. The van der Waals surface area contributed by atoms with Gasteiger partial charge in [-0.05, 0) is 31.9 Å². The summed E-state index contributed by atoms with van der Waals surface area (Å²) in [4.78, 5) is 11.8. The first-order chi connectivity index (χ1) is 11.4. The molecule has 134 valence electrons. The van der Waals surface area contributed by atoms with Crippen LogP contribution in [0.3, 0.4) is 0 Å². The molecule has 0 aliphatic rings. The zero-order chi connectivity index (χ0) is 18.2. The third-order valence-corrected chi connectivity index (χ3v) is 4.78. The molecular weight excluding hydrogens is 354 g/mol. The third-order valence-electron chi connectivity index (χ3n) is 3.15. The second-order valence-corrected chi connectivity index (χ2v) is 7.17. The van der Waals surface area contributed by atoms with Crippen molar-refractivity contribution in [1.82, 2.24) is 0 Å². The Labute approximate surface area is 147 Å². The maximum Gasteiger partial charge on any atom is 0.337 e. The first-order valence-electron chi connectivity index (χ1n) is 7.38. The van der Waals surface area contributed by atoms with E-state index in [9.17, 15) is 13.2 Å². The van der Waals surface area contributed by atoms with Gasteiger partial charge >= 0.3 is 5.97 Å². The van der Waals surface area contributed by atoms with Gasteiger partial charge in [0.05, 0.1) is 31.2 Å². The summed E-state index contributed by atoms with van der Waals surface area (Å²) in [6.45, 7) is 1.81. The summed E-state index contributed by atoms with van der Waals surface area (Å²) >= 11 is 5.57. The minimum atomic E-state index is -3.59. The Morgan fingerprint density at radius 1 is 1.29 bits per heavy atom. The molecule has 1 aromatic carbocycles. The molecule has 0 saturated carbocycles. The van der Waals surface area contributed by atoms with Crippen LogP contribution in [0.1, 0.15) is 35.7 Å². The molecule has 0 atom stereocenters. The zero-order valence-electron chi connectivity index (χ0n) is 14.0. The lowest BCUT2D eigenvalue weighted by molar-refractivity contribution is 0.0600. The van der Waals surface area contributed by atoms with Crippen molar-refractivity contribution >= 4 is 39.4 Å². The van der Waals surface area contributed by atoms with Gasteiger partial charge in [-0.15, -0.1) is 11.6 Å². The van der Waals surface area contributed by atoms with E-state index in [1.807, 2.05) is 0 Å². The minimum absolute atomic E-state index is 0.0652. The molecular formula is C16H22ClNO5S. The van der Waals surface area contributed by atoms with Crippen molar-refractivity contribution < 1.29 is 22.7 Å². The number of allylic oxidation sites excluding steroid dienone is 1. The van der Waals surface area contributed by atoms with Crippen LogP contribution in [0, 0.1) is 0 Å². The number of sulfonamides is 1. The number of alkyl halides is 1. The van der Waals surface area contributed by atoms with E-state index < -0.39 is 16.0 Å². The van der Waals surface area contributed by atoms with Crippen LogP contribution < -0.4 is 9.46 Å². The van der Waals surface area contributed by atoms with Crippen molar-refractivity contribution in [2.24, 2.45) is 0 Å². The molecule has 24 heavy (non-hydrogen) atoms. The first kappa shape index (κ1) is 20.3. The number of nitrogens with one attached hydrogen (secondary N) is 1. The number of carbonyl (C=O) groups excluding carboxylic acids is 1. The van der Waals surface area contributed by atoms with Crippen LogP contribution in [0.2, 0.25) is 0 Å². The van der Waals surface area contributed by atoms with Crippen LogP contribution in [0.15, 0.2) is 18.2 Å². The summed E-state index contributed by atoms with van der Waals surface area (Å²) in [7, 11) is -0.887. The number of rotatable bonds is 9. The van der Waals surface area contributed by atoms with E-state index in [0.717, 1.165) is 0 Å². The van der Waals surface area contributed by atoms with Crippen LogP contribution >= 0.6 is 11.6 Å². The van der Waals surface area contributed by atoms with Crippen molar-refractivity contribution in [3.63, 3.8) is 0 Å². The Morgan fingerprint density at radius 3 is 2.54 bits per heavy atom. The van der Waals surface area contributed by atoms with E-state index >= 15 is 0 Å². The lowest BCUT2D eigenvalue weighted by atomic mass is 10.1. The van der Waals surface area contributed by atoms with Crippen molar-refractivity contribution in [2.45, 2.75) is 19.8 Å². The zero-order valence-corrected chi connectivity index (χ0v) is 15.5. The van der Waals surface area contributed by atoms with E-state index in [2.05, 4.69) is 4.72 Å². The Morgan fingerprint density at radius 2 is 2.00 bits per heavy atom. The highest BCUT2D eigenvalue weighted by Gasteiger charge is 2.19. The number of anilines is 1. The third kappa shape index (κ3) is 5.72. The van der Waals surface area contributed by atoms with Crippen LogP contribution in [0.5, 0.6) is 5.75 Å². The first-order valence-corrected chi connectivity index (χ1v) is 9.56. The Kier molecular flexibility index (Phi) is 8.07. The fourth-order valence-electron chi connectivity index (χ4n) is 2.10. The second-order valence-electron chi connectivity index (χ2n) is 4.95. The van der Waals surface area contributed by atoms with Gasteiger partial charge in [-0.3, -0.25) is 4.72 Å². The molecule has 1 rings (SSSR count). The number of unbranched alkanes of at least 4 members (excludes halogenated alkanes) is 1. The highest BCUT2D eigenvalue weighted by molar-refractivity contribution is 7.92. The summed E-state index contributed by atoms with van der Waals surface area (Å²) < 4.78 is 36.9. The van der Waals surface area contributed by atoms with E-state index in [1.165, 1.54) is 20.3 Å². The van der Waals surface area contributed by atoms with Gasteiger partial charge in [-0.1, -0.05) is 12.2 Å². The Balaban J connectivity index is 3.28. The quantitative estimate of drug-likeness (QED) is 0.407. The number of carbonyl (C=O) groups is 1. The maximum atomic E-state index is 12.2. The number of hydrogen-bond donors (Lipinski definition) is 1. The molecule has 0 amide bonds. The SMILES string of the molecule is C/C=C/c1cc(C(=O)OC)cc(NS(=O)(=O)CCCCCl)c1OC. The van der Waals surface area contributed by atoms with Gasteiger partial charge in [0.2, 0.25) is 10.0 Å². The minimum Gasteiger partial charge on any atom is -0.494 e. The van der Waals surface area contributed by atoms with Gasteiger partial charge in [-0.2, -0.15) is 0 Å². The molecule has 0 bridgehead atoms. The average molecular weight is 376 g/mol.